The number of aromatic nitrogens is 2. The average Bonchev–Trinajstić information content (AvgIpc) is 3.16. The molecule has 2 aliphatic rings. The Morgan fingerprint density at radius 3 is 2.81 bits per heavy atom. The maximum absolute atomic E-state index is 13.9. The molecule has 1 N–H and O–H groups in total. The highest BCUT2D eigenvalue weighted by molar-refractivity contribution is 6.03. The number of nitrogens with one attached hydrogen (secondary N) is 1. The average molecular weight is 438 g/mol. The second-order valence-corrected chi connectivity index (χ2v) is 8.66. The Balaban J connectivity index is 1.29. The van der Waals surface area contributed by atoms with Crippen LogP contribution in [0, 0.1) is 11.7 Å². The van der Waals surface area contributed by atoms with E-state index in [-0.39, 0.29) is 29.5 Å². The molecule has 168 valence electrons. The number of H-pyrrole nitrogens is 1. The topological polar surface area (TPSA) is 73.4 Å². The molecule has 1 aliphatic heterocycles. The molecular formula is C25H27FN2O4. The van der Waals surface area contributed by atoms with Gasteiger partial charge in [0.2, 0.25) is 5.88 Å². The van der Waals surface area contributed by atoms with Crippen molar-refractivity contribution in [1.29, 1.82) is 0 Å². The number of fused-ring (bicyclic) bond motifs is 1. The van der Waals surface area contributed by atoms with Gasteiger partial charge in [0.05, 0.1) is 18.5 Å². The summed E-state index contributed by atoms with van der Waals surface area (Å²) < 4.78 is 30.8. The third kappa shape index (κ3) is 4.02. The van der Waals surface area contributed by atoms with Crippen LogP contribution >= 0.6 is 0 Å². The summed E-state index contributed by atoms with van der Waals surface area (Å²) >= 11 is 0. The Bertz CT molecular complexity index is 1120. The van der Waals surface area contributed by atoms with Crippen LogP contribution in [-0.2, 0) is 16.1 Å². The number of ketones is 1. The summed E-state index contributed by atoms with van der Waals surface area (Å²) in [5.74, 6) is 0.285. The van der Waals surface area contributed by atoms with Crippen molar-refractivity contribution in [2.24, 2.45) is 5.92 Å². The summed E-state index contributed by atoms with van der Waals surface area (Å²) in [4.78, 5) is 20.7. The molecule has 0 spiro atoms. The van der Waals surface area contributed by atoms with E-state index in [9.17, 15) is 9.18 Å². The van der Waals surface area contributed by atoms with Crippen molar-refractivity contribution in [2.75, 3.05) is 20.3 Å². The fourth-order valence-electron chi connectivity index (χ4n) is 4.78. The number of pyridine rings is 1. The standard InChI is InChI=1S/C25H27FN2O4/c1-30-14-21-19-4-2-3-5-22(19)28-23(21)24(29)16-10-18(11-16)32-25-20(12-17(26)13-27-25)15-6-8-31-9-7-15/h2-5,12-13,15-16,18,28H,6-11,14H2,1H3. The van der Waals surface area contributed by atoms with Crippen LogP contribution in [0.5, 0.6) is 5.88 Å². The van der Waals surface area contributed by atoms with E-state index in [1.165, 1.54) is 12.3 Å². The fraction of sp³-hybridized carbons (Fsp3) is 0.440. The molecule has 0 radical (unpaired) electrons. The molecule has 0 amide bonds. The van der Waals surface area contributed by atoms with Gasteiger partial charge in [-0.3, -0.25) is 4.79 Å². The number of hydrogen-bond acceptors (Lipinski definition) is 5. The Hall–Kier alpha value is -2.77. The van der Waals surface area contributed by atoms with Gasteiger partial charge in [-0.25, -0.2) is 9.37 Å². The normalized spacial score (nSPS) is 21.4. The van der Waals surface area contributed by atoms with Gasteiger partial charge in [0.15, 0.2) is 5.78 Å². The second kappa shape index (κ2) is 9.00. The summed E-state index contributed by atoms with van der Waals surface area (Å²) in [7, 11) is 1.63. The van der Waals surface area contributed by atoms with Gasteiger partial charge in [-0.15, -0.1) is 0 Å². The second-order valence-electron chi connectivity index (χ2n) is 8.66. The quantitative estimate of drug-likeness (QED) is 0.538. The molecule has 1 aliphatic carbocycles. The van der Waals surface area contributed by atoms with Crippen molar-refractivity contribution in [2.45, 2.75) is 44.3 Å². The number of Topliss-reactive ketones (excluding diaryl/α,β-unsaturated/α-hetero) is 1. The molecule has 0 atom stereocenters. The Labute approximate surface area is 186 Å². The summed E-state index contributed by atoms with van der Waals surface area (Å²) in [5.41, 5.74) is 3.27. The Morgan fingerprint density at radius 2 is 2.03 bits per heavy atom. The minimum Gasteiger partial charge on any atom is -0.474 e. The molecule has 2 aromatic heterocycles. The zero-order valence-electron chi connectivity index (χ0n) is 18.1. The predicted octanol–water partition coefficient (Wildman–Crippen LogP) is 4.78. The maximum atomic E-state index is 13.9. The molecule has 6 nitrogen and oxygen atoms in total. The van der Waals surface area contributed by atoms with Crippen LogP contribution in [0.4, 0.5) is 4.39 Å². The summed E-state index contributed by atoms with van der Waals surface area (Å²) in [6.07, 6.45) is 3.99. The monoisotopic (exact) mass is 438 g/mol. The van der Waals surface area contributed by atoms with Gasteiger partial charge in [0, 0.05) is 48.3 Å². The first-order valence-corrected chi connectivity index (χ1v) is 11.2. The molecule has 0 unspecified atom stereocenters. The molecule has 1 saturated heterocycles. The predicted molar refractivity (Wildman–Crippen MR) is 117 cm³/mol. The van der Waals surface area contributed by atoms with Crippen molar-refractivity contribution in [3.63, 3.8) is 0 Å². The number of carbonyl (C=O) groups is 1. The lowest BCUT2D eigenvalue weighted by Gasteiger charge is -2.35. The number of rotatable bonds is 7. The van der Waals surface area contributed by atoms with Crippen molar-refractivity contribution in [1.82, 2.24) is 9.97 Å². The van der Waals surface area contributed by atoms with Crippen LogP contribution in [-0.4, -0.2) is 42.2 Å². The van der Waals surface area contributed by atoms with E-state index in [0.29, 0.717) is 44.2 Å². The third-order valence-electron chi connectivity index (χ3n) is 6.60. The Morgan fingerprint density at radius 1 is 1.25 bits per heavy atom. The number of halogens is 1. The van der Waals surface area contributed by atoms with Gasteiger partial charge in [-0.1, -0.05) is 18.2 Å². The summed E-state index contributed by atoms with van der Waals surface area (Å²) in [5, 5.41) is 1.02. The van der Waals surface area contributed by atoms with E-state index in [4.69, 9.17) is 14.2 Å². The highest BCUT2D eigenvalue weighted by Crippen LogP contribution is 2.38. The zero-order chi connectivity index (χ0) is 22.1. The summed E-state index contributed by atoms with van der Waals surface area (Å²) in [6.45, 7) is 1.70. The SMILES string of the molecule is COCc1c(C(=O)C2CC(Oc3ncc(F)cc3C3CCOCC3)C2)[nH]c2ccccc12. The minimum absolute atomic E-state index is 0.0878. The highest BCUT2D eigenvalue weighted by Gasteiger charge is 2.39. The number of para-hydroxylation sites is 1. The van der Waals surface area contributed by atoms with E-state index in [2.05, 4.69) is 9.97 Å². The van der Waals surface area contributed by atoms with Crippen LogP contribution in [0.1, 0.15) is 53.2 Å². The third-order valence-corrected chi connectivity index (χ3v) is 6.60. The first-order valence-electron chi connectivity index (χ1n) is 11.2. The van der Waals surface area contributed by atoms with Gasteiger partial charge in [-0.05, 0) is 43.7 Å². The molecule has 7 heteroatoms. The van der Waals surface area contributed by atoms with Crippen molar-refractivity contribution in [3.05, 3.63) is 59.2 Å². The van der Waals surface area contributed by atoms with E-state index in [0.717, 1.165) is 34.9 Å². The van der Waals surface area contributed by atoms with E-state index in [1.54, 1.807) is 7.11 Å². The number of methoxy groups -OCH3 is 1. The fourth-order valence-corrected chi connectivity index (χ4v) is 4.78. The molecule has 32 heavy (non-hydrogen) atoms. The molecule has 1 aromatic carbocycles. The van der Waals surface area contributed by atoms with Crippen LogP contribution in [0.25, 0.3) is 10.9 Å². The van der Waals surface area contributed by atoms with Crippen molar-refractivity contribution < 1.29 is 23.4 Å². The molecule has 1 saturated carbocycles. The van der Waals surface area contributed by atoms with Gasteiger partial charge in [0.25, 0.3) is 0 Å². The van der Waals surface area contributed by atoms with Gasteiger partial charge in [-0.2, -0.15) is 0 Å². The largest absolute Gasteiger partial charge is 0.474 e. The van der Waals surface area contributed by atoms with Gasteiger partial charge in [0.1, 0.15) is 11.9 Å². The molecule has 3 aromatic rings. The first-order chi connectivity index (χ1) is 15.6. The zero-order valence-corrected chi connectivity index (χ0v) is 18.1. The van der Waals surface area contributed by atoms with Crippen molar-refractivity contribution in [3.8, 4) is 5.88 Å². The summed E-state index contributed by atoms with van der Waals surface area (Å²) in [6, 6.07) is 9.41. The lowest BCUT2D eigenvalue weighted by Crippen LogP contribution is -2.39. The number of nitrogens with zero attached hydrogens (tertiary/aromatic N) is 1. The van der Waals surface area contributed by atoms with E-state index < -0.39 is 0 Å². The molecule has 0 bridgehead atoms. The van der Waals surface area contributed by atoms with Crippen molar-refractivity contribution >= 4 is 16.7 Å². The molecule has 2 fully saturated rings. The number of ether oxygens (including phenoxy) is 3. The smallest absolute Gasteiger partial charge is 0.217 e. The molecule has 3 heterocycles. The lowest BCUT2D eigenvalue weighted by atomic mass is 9.78. The minimum atomic E-state index is -0.356. The number of benzene rings is 1. The maximum Gasteiger partial charge on any atom is 0.217 e. The van der Waals surface area contributed by atoms with Gasteiger partial charge >= 0.3 is 0 Å². The van der Waals surface area contributed by atoms with Crippen LogP contribution in [0.2, 0.25) is 0 Å². The van der Waals surface area contributed by atoms with Gasteiger partial charge < -0.3 is 19.2 Å². The number of carbonyl (C=O) groups excluding carboxylic acids is 1. The first kappa shape index (κ1) is 21.1. The molecular weight excluding hydrogens is 411 g/mol. The van der Waals surface area contributed by atoms with Crippen LogP contribution in [0.15, 0.2) is 36.5 Å². The Kier molecular flexibility index (Phi) is 5.93. The highest BCUT2D eigenvalue weighted by atomic mass is 19.1. The number of aromatic amines is 1. The van der Waals surface area contributed by atoms with Crippen LogP contribution in [0.3, 0.4) is 0 Å². The van der Waals surface area contributed by atoms with E-state index in [1.807, 2.05) is 24.3 Å². The number of hydrogen-bond donors (Lipinski definition) is 1. The lowest BCUT2D eigenvalue weighted by molar-refractivity contribution is 0.0449. The van der Waals surface area contributed by atoms with E-state index >= 15 is 0 Å². The van der Waals surface area contributed by atoms with Crippen LogP contribution < -0.4 is 4.74 Å². The molecule has 5 rings (SSSR count).